The number of rotatable bonds is 3. The molecule has 0 N–H and O–H groups in total. The Labute approximate surface area is 195 Å². The minimum atomic E-state index is -3.67. The van der Waals surface area contributed by atoms with Gasteiger partial charge in [0, 0.05) is 43.2 Å². The van der Waals surface area contributed by atoms with Gasteiger partial charge >= 0.3 is 0 Å². The number of fused-ring (bicyclic) bond motifs is 2. The Morgan fingerprint density at radius 3 is 2.48 bits per heavy atom. The molecule has 1 fully saturated rings. The molecule has 0 bridgehead atoms. The second kappa shape index (κ2) is 8.99. The van der Waals surface area contributed by atoms with Crippen LogP contribution in [0.3, 0.4) is 0 Å². The maximum absolute atomic E-state index is 13.5. The van der Waals surface area contributed by atoms with E-state index in [1.807, 2.05) is 23.1 Å². The maximum atomic E-state index is 13.5. The number of nitrogens with zero attached hydrogens (tertiary/aromatic N) is 2. The van der Waals surface area contributed by atoms with Crippen molar-refractivity contribution in [2.75, 3.05) is 31.2 Å². The molecule has 0 spiro atoms. The molecule has 3 aliphatic rings. The number of benzene rings is 2. The lowest BCUT2D eigenvalue weighted by Gasteiger charge is -2.39. The quantitative estimate of drug-likeness (QED) is 0.685. The number of sulfonamides is 1. The van der Waals surface area contributed by atoms with E-state index in [1.165, 1.54) is 9.87 Å². The van der Waals surface area contributed by atoms with E-state index >= 15 is 0 Å². The lowest BCUT2D eigenvalue weighted by Crippen LogP contribution is -2.48. The smallest absolute Gasteiger partial charge is 0.243 e. The van der Waals surface area contributed by atoms with Gasteiger partial charge in [-0.1, -0.05) is 18.2 Å². The van der Waals surface area contributed by atoms with Crippen LogP contribution in [0.25, 0.3) is 0 Å². The highest BCUT2D eigenvalue weighted by atomic mass is 32.2. The van der Waals surface area contributed by atoms with Gasteiger partial charge in [0.25, 0.3) is 0 Å². The number of piperidine rings is 1. The highest BCUT2D eigenvalue weighted by Crippen LogP contribution is 2.36. The topological polar surface area (TPSA) is 76.2 Å². The van der Waals surface area contributed by atoms with Gasteiger partial charge in [0.05, 0.1) is 18.1 Å². The van der Waals surface area contributed by atoms with Crippen LogP contribution < -0.4 is 14.4 Å². The van der Waals surface area contributed by atoms with Gasteiger partial charge in [-0.15, -0.1) is 0 Å². The number of para-hydroxylation sites is 1. The lowest BCUT2D eigenvalue weighted by atomic mass is 9.91. The van der Waals surface area contributed by atoms with E-state index in [4.69, 9.17) is 9.47 Å². The molecule has 2 aromatic carbocycles. The third-order valence-electron chi connectivity index (χ3n) is 6.92. The van der Waals surface area contributed by atoms with E-state index in [-0.39, 0.29) is 22.8 Å². The Morgan fingerprint density at radius 1 is 0.970 bits per heavy atom. The summed E-state index contributed by atoms with van der Waals surface area (Å²) in [5.41, 5.74) is 2.21. The van der Waals surface area contributed by atoms with Crippen molar-refractivity contribution in [1.82, 2.24) is 4.31 Å². The highest BCUT2D eigenvalue weighted by Gasteiger charge is 2.37. The first kappa shape index (κ1) is 22.2. The van der Waals surface area contributed by atoms with Crippen molar-refractivity contribution < 1.29 is 22.7 Å². The normalized spacial score (nSPS) is 21.8. The molecule has 8 heteroatoms. The van der Waals surface area contributed by atoms with E-state index < -0.39 is 10.0 Å². The molecule has 5 rings (SSSR count). The number of anilines is 1. The summed E-state index contributed by atoms with van der Waals surface area (Å²) < 4.78 is 39.3. The minimum Gasteiger partial charge on any atom is -0.490 e. The number of ether oxygens (including phenoxy) is 2. The zero-order valence-corrected chi connectivity index (χ0v) is 19.7. The standard InChI is InChI=1S/C25H30N2O5S/c1-18-7-8-19-5-2-3-6-22(19)27(18)25(28)20-11-13-26(14-12-20)33(29,30)21-9-10-23-24(17-21)32-16-4-15-31-23/h2-3,5-6,9-10,17-18,20H,4,7-8,11-16H2,1H3/t18-/m0/s1. The zero-order chi connectivity index (χ0) is 23.0. The SMILES string of the molecule is C[C@H]1CCc2ccccc2N1C(=O)C1CCN(S(=O)(=O)c2ccc3c(c2)OCCCO3)CC1. The number of carbonyl (C=O) groups excluding carboxylic acids is 1. The van der Waals surface area contributed by atoms with Crippen molar-refractivity contribution in [3.63, 3.8) is 0 Å². The Morgan fingerprint density at radius 2 is 1.70 bits per heavy atom. The zero-order valence-electron chi connectivity index (χ0n) is 18.9. The Hall–Kier alpha value is -2.58. The van der Waals surface area contributed by atoms with Crippen LogP contribution in [0, 0.1) is 5.92 Å². The van der Waals surface area contributed by atoms with Crippen LogP contribution in [-0.2, 0) is 21.2 Å². The summed E-state index contributed by atoms with van der Waals surface area (Å²) in [6.07, 6.45) is 3.73. The Balaban J connectivity index is 1.29. The van der Waals surface area contributed by atoms with Gasteiger partial charge in [0.2, 0.25) is 15.9 Å². The molecular weight excluding hydrogens is 440 g/mol. The van der Waals surface area contributed by atoms with Crippen LogP contribution in [0.5, 0.6) is 11.5 Å². The second-order valence-corrected chi connectivity index (χ2v) is 11.0. The summed E-state index contributed by atoms with van der Waals surface area (Å²) in [6.45, 7) is 3.81. The predicted octanol–water partition coefficient (Wildman–Crippen LogP) is 3.62. The van der Waals surface area contributed by atoms with Gasteiger partial charge in [-0.25, -0.2) is 8.42 Å². The van der Waals surface area contributed by atoms with Crippen molar-refractivity contribution in [1.29, 1.82) is 0 Å². The molecule has 0 aliphatic carbocycles. The number of aryl methyl sites for hydroxylation is 1. The molecule has 3 aliphatic heterocycles. The van der Waals surface area contributed by atoms with Gasteiger partial charge in [0.15, 0.2) is 11.5 Å². The van der Waals surface area contributed by atoms with Crippen LogP contribution in [0.4, 0.5) is 5.69 Å². The molecule has 0 radical (unpaired) electrons. The Bertz CT molecular complexity index is 1140. The molecule has 1 amide bonds. The summed E-state index contributed by atoms with van der Waals surface area (Å²) in [5.74, 6) is 0.985. The molecule has 0 saturated carbocycles. The van der Waals surface area contributed by atoms with Crippen LogP contribution >= 0.6 is 0 Å². The van der Waals surface area contributed by atoms with Crippen LogP contribution in [-0.4, -0.2) is 51.0 Å². The van der Waals surface area contributed by atoms with Gasteiger partial charge in [0.1, 0.15) is 0 Å². The van der Waals surface area contributed by atoms with E-state index in [0.717, 1.165) is 24.9 Å². The third kappa shape index (κ3) is 4.22. The fraction of sp³-hybridized carbons (Fsp3) is 0.480. The average Bonchev–Trinajstić information content (AvgIpc) is 3.08. The molecule has 0 aromatic heterocycles. The molecular formula is C25H30N2O5S. The first-order chi connectivity index (χ1) is 15.9. The fourth-order valence-electron chi connectivity index (χ4n) is 5.02. The van der Waals surface area contributed by atoms with Crippen molar-refractivity contribution in [2.45, 2.75) is 50.0 Å². The van der Waals surface area contributed by atoms with E-state index in [9.17, 15) is 13.2 Å². The highest BCUT2D eigenvalue weighted by molar-refractivity contribution is 7.89. The molecule has 7 nitrogen and oxygen atoms in total. The molecule has 176 valence electrons. The molecule has 33 heavy (non-hydrogen) atoms. The largest absolute Gasteiger partial charge is 0.490 e. The van der Waals surface area contributed by atoms with Crippen LogP contribution in [0.2, 0.25) is 0 Å². The van der Waals surface area contributed by atoms with Gasteiger partial charge in [-0.3, -0.25) is 4.79 Å². The van der Waals surface area contributed by atoms with E-state index in [2.05, 4.69) is 13.0 Å². The molecule has 2 aromatic rings. The second-order valence-electron chi connectivity index (χ2n) is 9.06. The maximum Gasteiger partial charge on any atom is 0.243 e. The Kier molecular flexibility index (Phi) is 6.05. The molecule has 1 saturated heterocycles. The predicted molar refractivity (Wildman–Crippen MR) is 125 cm³/mol. The van der Waals surface area contributed by atoms with Crippen LogP contribution in [0.15, 0.2) is 47.4 Å². The van der Waals surface area contributed by atoms with E-state index in [1.54, 1.807) is 18.2 Å². The van der Waals surface area contributed by atoms with Gasteiger partial charge in [-0.2, -0.15) is 4.31 Å². The summed E-state index contributed by atoms with van der Waals surface area (Å²) in [4.78, 5) is 15.6. The van der Waals surface area contributed by atoms with Gasteiger partial charge in [-0.05, 0) is 56.4 Å². The monoisotopic (exact) mass is 470 g/mol. The fourth-order valence-corrected chi connectivity index (χ4v) is 6.50. The molecule has 3 heterocycles. The number of carbonyl (C=O) groups is 1. The summed E-state index contributed by atoms with van der Waals surface area (Å²) in [5, 5.41) is 0. The number of amides is 1. The summed E-state index contributed by atoms with van der Waals surface area (Å²) >= 11 is 0. The third-order valence-corrected chi connectivity index (χ3v) is 8.82. The van der Waals surface area contributed by atoms with Gasteiger partial charge < -0.3 is 14.4 Å². The first-order valence-electron chi connectivity index (χ1n) is 11.8. The molecule has 1 atom stereocenters. The summed E-state index contributed by atoms with van der Waals surface area (Å²) in [7, 11) is -3.67. The molecule has 0 unspecified atom stereocenters. The van der Waals surface area contributed by atoms with Crippen molar-refractivity contribution >= 4 is 21.6 Å². The number of hydrogen-bond donors (Lipinski definition) is 0. The lowest BCUT2D eigenvalue weighted by molar-refractivity contribution is -0.124. The summed E-state index contributed by atoms with van der Waals surface area (Å²) in [6, 6.07) is 13.0. The average molecular weight is 471 g/mol. The van der Waals surface area contributed by atoms with Crippen molar-refractivity contribution in [2.24, 2.45) is 5.92 Å². The van der Waals surface area contributed by atoms with Crippen molar-refractivity contribution in [3.05, 3.63) is 48.0 Å². The van der Waals surface area contributed by atoms with E-state index in [0.29, 0.717) is 50.6 Å². The number of hydrogen-bond acceptors (Lipinski definition) is 5. The minimum absolute atomic E-state index is 0.113. The van der Waals surface area contributed by atoms with Crippen LogP contribution in [0.1, 0.15) is 38.2 Å². The first-order valence-corrected chi connectivity index (χ1v) is 13.2. The van der Waals surface area contributed by atoms with Crippen molar-refractivity contribution in [3.8, 4) is 11.5 Å².